The van der Waals surface area contributed by atoms with Gasteiger partial charge in [-0.15, -0.1) is 0 Å². The van der Waals surface area contributed by atoms with Crippen LogP contribution in [0.15, 0.2) is 48.3 Å². The van der Waals surface area contributed by atoms with Crippen LogP contribution in [0.3, 0.4) is 0 Å². The Kier molecular flexibility index (Phi) is 7.51. The van der Waals surface area contributed by atoms with Crippen molar-refractivity contribution in [3.63, 3.8) is 0 Å². The molecule has 0 unspecified atom stereocenters. The first-order chi connectivity index (χ1) is 12.5. The van der Waals surface area contributed by atoms with Gasteiger partial charge in [-0.25, -0.2) is 8.78 Å². The number of rotatable bonds is 9. The summed E-state index contributed by atoms with van der Waals surface area (Å²) in [4.78, 5) is 0. The molecule has 2 nitrogen and oxygen atoms in total. The quantitative estimate of drug-likeness (QED) is 0.529. The van der Waals surface area contributed by atoms with Crippen molar-refractivity contribution in [3.05, 3.63) is 71.1 Å². The summed E-state index contributed by atoms with van der Waals surface area (Å²) in [5.41, 5.74) is 1.72. The standard InChI is InChI=1S/C20H20F4O2/c1-2-25-17-10-11-18(20(24)19(17)23)26-13-15-8-6-14(7-9-15)4-3-5-16(22)12-21/h5-11H,2-4,12-13H2,1H3. The lowest BCUT2D eigenvalue weighted by molar-refractivity contribution is 0.274. The second kappa shape index (κ2) is 9.85. The average molecular weight is 368 g/mol. The van der Waals surface area contributed by atoms with Gasteiger partial charge in [-0.1, -0.05) is 24.3 Å². The first kappa shape index (κ1) is 19.8. The molecule has 0 saturated carbocycles. The molecule has 0 aliphatic carbocycles. The van der Waals surface area contributed by atoms with E-state index in [9.17, 15) is 17.6 Å². The van der Waals surface area contributed by atoms with E-state index in [1.54, 1.807) is 19.1 Å². The molecule has 2 aromatic rings. The lowest BCUT2D eigenvalue weighted by atomic mass is 10.1. The number of ether oxygens (including phenoxy) is 2. The first-order valence-electron chi connectivity index (χ1n) is 8.27. The van der Waals surface area contributed by atoms with Gasteiger partial charge in [-0.3, -0.25) is 0 Å². The molecule has 26 heavy (non-hydrogen) atoms. The van der Waals surface area contributed by atoms with Crippen molar-refractivity contribution < 1.29 is 27.0 Å². The number of benzene rings is 2. The van der Waals surface area contributed by atoms with Gasteiger partial charge in [0.05, 0.1) is 6.61 Å². The highest BCUT2D eigenvalue weighted by Gasteiger charge is 2.15. The maximum atomic E-state index is 13.9. The van der Waals surface area contributed by atoms with Gasteiger partial charge in [0.1, 0.15) is 19.1 Å². The molecule has 6 heteroatoms. The molecule has 140 valence electrons. The summed E-state index contributed by atoms with van der Waals surface area (Å²) in [5.74, 6) is -3.27. The van der Waals surface area contributed by atoms with Crippen LogP contribution < -0.4 is 9.47 Å². The third-order valence-corrected chi connectivity index (χ3v) is 3.66. The Balaban J connectivity index is 1.93. The van der Waals surface area contributed by atoms with Crippen molar-refractivity contribution in [2.24, 2.45) is 0 Å². The molecule has 0 atom stereocenters. The Morgan fingerprint density at radius 1 is 0.923 bits per heavy atom. The third-order valence-electron chi connectivity index (χ3n) is 3.66. The topological polar surface area (TPSA) is 18.5 Å². The largest absolute Gasteiger partial charge is 0.491 e. The SMILES string of the molecule is CCOc1ccc(OCc2ccc(CCC=C(F)CF)cc2)c(F)c1F. The molecule has 2 aromatic carbocycles. The molecule has 0 radical (unpaired) electrons. The minimum atomic E-state index is -1.09. The highest BCUT2D eigenvalue weighted by Crippen LogP contribution is 2.28. The maximum absolute atomic E-state index is 13.9. The smallest absolute Gasteiger partial charge is 0.204 e. The summed E-state index contributed by atoms with van der Waals surface area (Å²) in [6, 6.07) is 9.87. The van der Waals surface area contributed by atoms with Crippen LogP contribution in [0.25, 0.3) is 0 Å². The molecule has 0 heterocycles. The molecule has 2 rings (SSSR count). The van der Waals surface area contributed by atoms with Crippen molar-refractivity contribution in [2.75, 3.05) is 13.3 Å². The molecule has 0 aromatic heterocycles. The normalized spacial score (nSPS) is 11.5. The zero-order chi connectivity index (χ0) is 18.9. The van der Waals surface area contributed by atoms with Gasteiger partial charge in [0, 0.05) is 0 Å². The van der Waals surface area contributed by atoms with E-state index in [4.69, 9.17) is 9.47 Å². The van der Waals surface area contributed by atoms with Gasteiger partial charge in [0.2, 0.25) is 11.6 Å². The molecule has 0 spiro atoms. The minimum Gasteiger partial charge on any atom is -0.491 e. The van der Waals surface area contributed by atoms with Crippen LogP contribution in [0.4, 0.5) is 17.6 Å². The molecule has 0 saturated heterocycles. The van der Waals surface area contributed by atoms with E-state index in [0.29, 0.717) is 12.8 Å². The molecule has 0 aliphatic rings. The number of hydrogen-bond donors (Lipinski definition) is 0. The molecule has 0 N–H and O–H groups in total. The summed E-state index contributed by atoms with van der Waals surface area (Å²) < 4.78 is 62.7. The molecule has 0 fully saturated rings. The van der Waals surface area contributed by atoms with Crippen LogP contribution in [-0.4, -0.2) is 13.3 Å². The van der Waals surface area contributed by atoms with Gasteiger partial charge in [-0.05, 0) is 49.1 Å². The predicted octanol–water partition coefficient (Wildman–Crippen LogP) is 5.70. The van der Waals surface area contributed by atoms with Crippen LogP contribution in [-0.2, 0) is 13.0 Å². The summed E-state index contributed by atoms with van der Waals surface area (Å²) in [5, 5.41) is 0. The number of hydrogen-bond acceptors (Lipinski definition) is 2. The van der Waals surface area contributed by atoms with E-state index < -0.39 is 24.1 Å². The van der Waals surface area contributed by atoms with Gasteiger partial charge in [-0.2, -0.15) is 8.78 Å². The van der Waals surface area contributed by atoms with E-state index in [0.717, 1.165) is 11.1 Å². The van der Waals surface area contributed by atoms with Crippen molar-refractivity contribution in [1.82, 2.24) is 0 Å². The van der Waals surface area contributed by atoms with Crippen LogP contribution in [0.1, 0.15) is 24.5 Å². The first-order valence-corrected chi connectivity index (χ1v) is 8.27. The predicted molar refractivity (Wildman–Crippen MR) is 91.8 cm³/mol. The van der Waals surface area contributed by atoms with E-state index in [1.165, 1.54) is 18.2 Å². The molecular weight excluding hydrogens is 348 g/mol. The molecule has 0 aliphatic heterocycles. The molecular formula is C20H20F4O2. The zero-order valence-electron chi connectivity index (χ0n) is 14.4. The lowest BCUT2D eigenvalue weighted by Gasteiger charge is -2.11. The third kappa shape index (κ3) is 5.51. The highest BCUT2D eigenvalue weighted by atomic mass is 19.2. The van der Waals surface area contributed by atoms with E-state index in [1.807, 2.05) is 12.1 Å². The Bertz CT molecular complexity index is 742. The fourth-order valence-corrected chi connectivity index (χ4v) is 2.31. The van der Waals surface area contributed by atoms with Gasteiger partial charge >= 0.3 is 0 Å². The summed E-state index contributed by atoms with van der Waals surface area (Å²) >= 11 is 0. The number of halogens is 4. The second-order valence-corrected chi connectivity index (χ2v) is 5.55. The summed E-state index contributed by atoms with van der Waals surface area (Å²) in [7, 11) is 0. The number of allylic oxidation sites excluding steroid dienone is 2. The fraction of sp³-hybridized carbons (Fsp3) is 0.300. The van der Waals surface area contributed by atoms with Crippen LogP contribution in [0.2, 0.25) is 0 Å². The monoisotopic (exact) mass is 368 g/mol. The van der Waals surface area contributed by atoms with Crippen LogP contribution in [0, 0.1) is 11.6 Å². The zero-order valence-corrected chi connectivity index (χ0v) is 14.4. The highest BCUT2D eigenvalue weighted by molar-refractivity contribution is 5.35. The van der Waals surface area contributed by atoms with Gasteiger partial charge in [0.25, 0.3) is 0 Å². The van der Waals surface area contributed by atoms with E-state index in [-0.39, 0.29) is 24.7 Å². The van der Waals surface area contributed by atoms with E-state index >= 15 is 0 Å². The van der Waals surface area contributed by atoms with Crippen molar-refractivity contribution in [1.29, 1.82) is 0 Å². The Morgan fingerprint density at radius 2 is 1.50 bits per heavy atom. The number of aryl methyl sites for hydroxylation is 1. The maximum Gasteiger partial charge on any atom is 0.204 e. The number of alkyl halides is 1. The fourth-order valence-electron chi connectivity index (χ4n) is 2.31. The van der Waals surface area contributed by atoms with E-state index in [2.05, 4.69) is 0 Å². The van der Waals surface area contributed by atoms with Crippen LogP contribution >= 0.6 is 0 Å². The summed E-state index contributed by atoms with van der Waals surface area (Å²) in [6.07, 6.45) is 2.20. The Labute approximate surface area is 150 Å². The molecule has 0 bridgehead atoms. The van der Waals surface area contributed by atoms with Crippen molar-refractivity contribution in [2.45, 2.75) is 26.4 Å². The average Bonchev–Trinajstić information content (AvgIpc) is 2.66. The lowest BCUT2D eigenvalue weighted by Crippen LogP contribution is -2.02. The van der Waals surface area contributed by atoms with Crippen LogP contribution in [0.5, 0.6) is 11.5 Å². The Hall–Kier alpha value is -2.50. The second-order valence-electron chi connectivity index (χ2n) is 5.55. The van der Waals surface area contributed by atoms with Gasteiger partial charge in [0.15, 0.2) is 11.5 Å². The van der Waals surface area contributed by atoms with Gasteiger partial charge < -0.3 is 9.47 Å². The molecule has 0 amide bonds. The Morgan fingerprint density at radius 3 is 2.08 bits per heavy atom. The summed E-state index contributed by atoms with van der Waals surface area (Å²) in [6.45, 7) is 0.901. The van der Waals surface area contributed by atoms with Crippen molar-refractivity contribution >= 4 is 0 Å². The minimum absolute atomic E-state index is 0.0704. The van der Waals surface area contributed by atoms with Crippen molar-refractivity contribution in [3.8, 4) is 11.5 Å².